The lowest BCUT2D eigenvalue weighted by atomic mass is 10.3. The van der Waals surface area contributed by atoms with Crippen LogP contribution in [0.15, 0.2) is 5.38 Å². The number of amides is 1. The van der Waals surface area contributed by atoms with Crippen LogP contribution in [0.5, 0.6) is 0 Å². The van der Waals surface area contributed by atoms with Crippen molar-refractivity contribution in [3.05, 3.63) is 16.1 Å². The molecule has 4 nitrogen and oxygen atoms in total. The van der Waals surface area contributed by atoms with Gasteiger partial charge < -0.3 is 5.32 Å². The van der Waals surface area contributed by atoms with Crippen LogP contribution in [0.4, 0.5) is 0 Å². The van der Waals surface area contributed by atoms with Crippen LogP contribution in [-0.4, -0.2) is 17.4 Å². The molecule has 0 unspecified atom stereocenters. The maximum atomic E-state index is 11.4. The summed E-state index contributed by atoms with van der Waals surface area (Å²) in [7, 11) is 0. The monoisotopic (exact) mass is 209 g/mol. The van der Waals surface area contributed by atoms with Crippen LogP contribution >= 0.6 is 11.3 Å². The summed E-state index contributed by atoms with van der Waals surface area (Å²) in [5.41, 5.74) is 0.462. The number of carbonyl (C=O) groups excluding carboxylic acids is 1. The first-order valence-corrected chi connectivity index (χ1v) is 5.19. The highest BCUT2D eigenvalue weighted by Gasteiger charge is 2.07. The molecule has 0 fully saturated rings. The highest BCUT2D eigenvalue weighted by Crippen LogP contribution is 2.07. The summed E-state index contributed by atoms with van der Waals surface area (Å²) in [4.78, 5) is 15.4. The van der Waals surface area contributed by atoms with Gasteiger partial charge in [-0.1, -0.05) is 0 Å². The number of hydrogen-bond donors (Lipinski definition) is 1. The van der Waals surface area contributed by atoms with Gasteiger partial charge in [-0.2, -0.15) is 5.26 Å². The van der Waals surface area contributed by atoms with Gasteiger partial charge in [-0.05, 0) is 13.3 Å². The van der Waals surface area contributed by atoms with E-state index in [1.165, 1.54) is 11.3 Å². The first-order valence-electron chi connectivity index (χ1n) is 4.31. The number of aromatic nitrogens is 1. The van der Waals surface area contributed by atoms with E-state index in [9.17, 15) is 4.79 Å². The molecular weight excluding hydrogens is 198 g/mol. The van der Waals surface area contributed by atoms with E-state index in [1.54, 1.807) is 5.38 Å². The van der Waals surface area contributed by atoms with E-state index >= 15 is 0 Å². The first-order chi connectivity index (χ1) is 6.74. The Hall–Kier alpha value is -1.41. The number of unbranched alkanes of at least 4 members (excludes halogenated alkanes) is 1. The van der Waals surface area contributed by atoms with Crippen LogP contribution in [0.1, 0.15) is 28.3 Å². The Kier molecular flexibility index (Phi) is 4.08. The quantitative estimate of drug-likeness (QED) is 0.764. The molecule has 0 radical (unpaired) electrons. The molecule has 0 saturated heterocycles. The third kappa shape index (κ3) is 3.15. The minimum absolute atomic E-state index is 0.160. The minimum Gasteiger partial charge on any atom is -0.351 e. The molecule has 1 rings (SSSR count). The fourth-order valence-electron chi connectivity index (χ4n) is 0.928. The van der Waals surface area contributed by atoms with E-state index < -0.39 is 0 Å². The van der Waals surface area contributed by atoms with Gasteiger partial charge in [0.15, 0.2) is 0 Å². The van der Waals surface area contributed by atoms with Crippen molar-refractivity contribution in [3.8, 4) is 6.07 Å². The fraction of sp³-hybridized carbons (Fsp3) is 0.444. The average molecular weight is 209 g/mol. The van der Waals surface area contributed by atoms with Gasteiger partial charge in [-0.3, -0.25) is 4.79 Å². The molecule has 0 aliphatic carbocycles. The lowest BCUT2D eigenvalue weighted by Gasteiger charge is -1.99. The van der Waals surface area contributed by atoms with Crippen molar-refractivity contribution in [2.24, 2.45) is 0 Å². The molecular formula is C9H11N3OS. The maximum absolute atomic E-state index is 11.4. The highest BCUT2D eigenvalue weighted by atomic mass is 32.1. The van der Waals surface area contributed by atoms with Gasteiger partial charge in [0.1, 0.15) is 5.69 Å². The van der Waals surface area contributed by atoms with Crippen LogP contribution in [-0.2, 0) is 0 Å². The zero-order valence-electron chi connectivity index (χ0n) is 7.91. The summed E-state index contributed by atoms with van der Waals surface area (Å²) < 4.78 is 0. The zero-order chi connectivity index (χ0) is 10.4. The van der Waals surface area contributed by atoms with Crippen LogP contribution in [0, 0.1) is 18.3 Å². The van der Waals surface area contributed by atoms with Gasteiger partial charge >= 0.3 is 0 Å². The second-order valence-corrected chi connectivity index (χ2v) is 3.83. The fourth-order valence-corrected chi connectivity index (χ4v) is 1.52. The van der Waals surface area contributed by atoms with E-state index in [-0.39, 0.29) is 5.91 Å². The van der Waals surface area contributed by atoms with Crippen molar-refractivity contribution < 1.29 is 4.79 Å². The van der Waals surface area contributed by atoms with E-state index in [1.807, 2.05) is 13.0 Å². The molecule has 1 heterocycles. The molecule has 74 valence electrons. The Labute approximate surface area is 86.6 Å². The maximum Gasteiger partial charge on any atom is 0.270 e. The van der Waals surface area contributed by atoms with E-state index in [4.69, 9.17) is 5.26 Å². The molecule has 0 atom stereocenters. The van der Waals surface area contributed by atoms with E-state index in [0.717, 1.165) is 5.01 Å². The minimum atomic E-state index is -0.160. The van der Waals surface area contributed by atoms with Gasteiger partial charge in [0.25, 0.3) is 5.91 Å². The molecule has 0 saturated carbocycles. The molecule has 1 N–H and O–H groups in total. The number of nitriles is 1. The van der Waals surface area contributed by atoms with E-state index in [0.29, 0.717) is 25.1 Å². The zero-order valence-corrected chi connectivity index (χ0v) is 8.73. The Bertz CT molecular complexity index is 353. The molecule has 0 aliphatic heterocycles. The summed E-state index contributed by atoms with van der Waals surface area (Å²) in [6.45, 7) is 2.39. The van der Waals surface area contributed by atoms with Crippen LogP contribution in [0.3, 0.4) is 0 Å². The largest absolute Gasteiger partial charge is 0.351 e. The summed E-state index contributed by atoms with van der Waals surface area (Å²) >= 11 is 1.45. The van der Waals surface area contributed by atoms with Crippen molar-refractivity contribution in [1.29, 1.82) is 5.26 Å². The molecule has 0 aliphatic rings. The third-order valence-corrected chi connectivity index (χ3v) is 2.38. The van der Waals surface area contributed by atoms with Gasteiger partial charge in [-0.15, -0.1) is 11.3 Å². The van der Waals surface area contributed by atoms with E-state index in [2.05, 4.69) is 10.3 Å². The van der Waals surface area contributed by atoms with Crippen molar-refractivity contribution in [1.82, 2.24) is 10.3 Å². The predicted molar refractivity (Wildman–Crippen MR) is 54.0 cm³/mol. The standard InChI is InChI=1S/C9H11N3OS/c1-7-12-8(6-14-7)9(13)11-5-3-2-4-10/h6H,2-3,5H2,1H3,(H,11,13). The van der Waals surface area contributed by atoms with Gasteiger partial charge in [0.05, 0.1) is 11.1 Å². The Morgan fingerprint density at radius 2 is 2.57 bits per heavy atom. The highest BCUT2D eigenvalue weighted by molar-refractivity contribution is 7.09. The summed E-state index contributed by atoms with van der Waals surface area (Å²) in [6, 6.07) is 2.02. The molecule has 0 spiro atoms. The molecule has 1 amide bonds. The smallest absolute Gasteiger partial charge is 0.270 e. The number of rotatable bonds is 4. The van der Waals surface area contributed by atoms with Crippen molar-refractivity contribution in [2.75, 3.05) is 6.54 Å². The summed E-state index contributed by atoms with van der Waals surface area (Å²) in [5, 5.41) is 13.6. The van der Waals surface area contributed by atoms with Gasteiger partial charge in [0.2, 0.25) is 0 Å². The Balaban J connectivity index is 2.33. The number of carbonyl (C=O) groups is 1. The van der Waals surface area contributed by atoms with Crippen LogP contribution < -0.4 is 5.32 Å². The van der Waals surface area contributed by atoms with Gasteiger partial charge in [0, 0.05) is 18.3 Å². The molecule has 1 aromatic rings. The van der Waals surface area contributed by atoms with Crippen LogP contribution in [0.2, 0.25) is 0 Å². The number of nitrogens with one attached hydrogen (secondary N) is 1. The predicted octanol–water partition coefficient (Wildman–Crippen LogP) is 1.49. The Morgan fingerprint density at radius 1 is 1.79 bits per heavy atom. The SMILES string of the molecule is Cc1nc(C(=O)NCCCC#N)cs1. The second kappa shape index (κ2) is 5.35. The number of aryl methyl sites for hydroxylation is 1. The number of thiazole rings is 1. The molecule has 5 heteroatoms. The van der Waals surface area contributed by atoms with Crippen molar-refractivity contribution in [2.45, 2.75) is 19.8 Å². The second-order valence-electron chi connectivity index (χ2n) is 2.77. The Morgan fingerprint density at radius 3 is 3.14 bits per heavy atom. The van der Waals surface area contributed by atoms with Crippen molar-refractivity contribution >= 4 is 17.2 Å². The molecule has 1 aromatic heterocycles. The summed E-state index contributed by atoms with van der Waals surface area (Å²) in [6.07, 6.45) is 1.15. The first kappa shape index (κ1) is 10.7. The normalized spacial score (nSPS) is 9.43. The summed E-state index contributed by atoms with van der Waals surface area (Å²) in [5.74, 6) is -0.160. The van der Waals surface area contributed by atoms with Crippen LogP contribution in [0.25, 0.3) is 0 Å². The lowest BCUT2D eigenvalue weighted by Crippen LogP contribution is -2.24. The van der Waals surface area contributed by atoms with Crippen molar-refractivity contribution in [3.63, 3.8) is 0 Å². The molecule has 0 bridgehead atoms. The number of hydrogen-bond acceptors (Lipinski definition) is 4. The number of nitrogens with zero attached hydrogens (tertiary/aromatic N) is 2. The molecule has 14 heavy (non-hydrogen) atoms. The third-order valence-electron chi connectivity index (χ3n) is 1.60. The lowest BCUT2D eigenvalue weighted by molar-refractivity contribution is 0.0949. The average Bonchev–Trinajstić information content (AvgIpc) is 2.59. The topological polar surface area (TPSA) is 65.8 Å². The molecule has 0 aromatic carbocycles. The van der Waals surface area contributed by atoms with Gasteiger partial charge in [-0.25, -0.2) is 4.98 Å².